The fraction of sp³-hybridized carbons (Fsp3) is 0.696. The van der Waals surface area contributed by atoms with Gasteiger partial charge in [-0.15, -0.1) is 0 Å². The molecule has 3 rings (SSSR count). The van der Waals surface area contributed by atoms with Crippen LogP contribution >= 0.6 is 0 Å². The number of benzene rings is 1. The summed E-state index contributed by atoms with van der Waals surface area (Å²) in [6, 6.07) is 10.5. The molecule has 2 atom stereocenters. The highest BCUT2D eigenvalue weighted by molar-refractivity contribution is 5.71. The Kier molecular flexibility index (Phi) is 8.00. The van der Waals surface area contributed by atoms with E-state index in [1.807, 2.05) is 23.1 Å². The zero-order valence-electron chi connectivity index (χ0n) is 16.9. The highest BCUT2D eigenvalue weighted by Crippen LogP contribution is 2.35. The van der Waals surface area contributed by atoms with Gasteiger partial charge in [0, 0.05) is 6.54 Å². The average molecular weight is 373 g/mol. The first-order valence-corrected chi connectivity index (χ1v) is 11.0. The number of hydrogen-bond donors (Lipinski definition) is 0. The molecule has 0 bridgehead atoms. The van der Waals surface area contributed by atoms with Crippen LogP contribution in [0.4, 0.5) is 4.79 Å². The van der Waals surface area contributed by atoms with E-state index >= 15 is 0 Å². The van der Waals surface area contributed by atoms with Crippen LogP contribution in [0.15, 0.2) is 30.3 Å². The van der Waals surface area contributed by atoms with Crippen LogP contribution in [0.1, 0.15) is 76.4 Å². The van der Waals surface area contributed by atoms with Gasteiger partial charge < -0.3 is 14.5 Å². The molecular weight excluding hydrogens is 336 g/mol. The molecule has 2 aliphatic rings. The van der Waals surface area contributed by atoms with Gasteiger partial charge in [-0.1, -0.05) is 69.4 Å². The maximum Gasteiger partial charge on any atom is 0.410 e. The van der Waals surface area contributed by atoms with E-state index in [1.165, 1.54) is 58.0 Å². The first-order chi connectivity index (χ1) is 13.3. The molecule has 2 aliphatic heterocycles. The van der Waals surface area contributed by atoms with Crippen molar-refractivity contribution < 1.29 is 9.53 Å². The number of ether oxygens (including phenoxy) is 1. The monoisotopic (exact) mass is 372 g/mol. The first kappa shape index (κ1) is 20.2. The lowest BCUT2D eigenvalue weighted by Gasteiger charge is -2.28. The molecule has 0 radical (unpaired) electrons. The lowest BCUT2D eigenvalue weighted by Crippen LogP contribution is -2.38. The Morgan fingerprint density at radius 2 is 1.74 bits per heavy atom. The molecule has 150 valence electrons. The molecule has 2 saturated heterocycles. The summed E-state index contributed by atoms with van der Waals surface area (Å²) in [5.74, 6) is 0. The van der Waals surface area contributed by atoms with Crippen LogP contribution in [0.25, 0.3) is 0 Å². The van der Waals surface area contributed by atoms with Gasteiger partial charge in [0.05, 0.1) is 6.04 Å². The van der Waals surface area contributed by atoms with Crippen molar-refractivity contribution in [3.8, 4) is 0 Å². The summed E-state index contributed by atoms with van der Waals surface area (Å²) in [5, 5.41) is 0. The maximum absolute atomic E-state index is 12.6. The lowest BCUT2D eigenvalue weighted by atomic mass is 9.96. The summed E-state index contributed by atoms with van der Waals surface area (Å²) < 4.78 is 5.85. The highest BCUT2D eigenvalue weighted by atomic mass is 16.6. The highest BCUT2D eigenvalue weighted by Gasteiger charge is 2.41. The van der Waals surface area contributed by atoms with Crippen LogP contribution < -0.4 is 0 Å². The average Bonchev–Trinajstić information content (AvgIpc) is 3.02. The molecule has 1 amide bonds. The second kappa shape index (κ2) is 10.7. The molecule has 1 aromatic carbocycles. The van der Waals surface area contributed by atoms with E-state index in [9.17, 15) is 4.79 Å². The number of likely N-dealkylation sites (tertiary alicyclic amines) is 1. The molecule has 27 heavy (non-hydrogen) atoms. The third kappa shape index (κ3) is 5.71. The van der Waals surface area contributed by atoms with E-state index < -0.39 is 0 Å². The molecule has 2 heterocycles. The van der Waals surface area contributed by atoms with Crippen LogP contribution in [0.2, 0.25) is 0 Å². The minimum absolute atomic E-state index is 0.115. The van der Waals surface area contributed by atoms with E-state index in [0.717, 1.165) is 31.5 Å². The largest absolute Gasteiger partial charge is 0.439 e. The Morgan fingerprint density at radius 3 is 2.48 bits per heavy atom. The first-order valence-electron chi connectivity index (χ1n) is 11.0. The summed E-state index contributed by atoms with van der Waals surface area (Å²) in [7, 11) is 0. The van der Waals surface area contributed by atoms with Crippen molar-refractivity contribution in [2.75, 3.05) is 26.2 Å². The molecule has 1 aromatic rings. The van der Waals surface area contributed by atoms with Gasteiger partial charge in [-0.05, 0) is 50.9 Å². The fourth-order valence-corrected chi connectivity index (χ4v) is 4.48. The minimum Gasteiger partial charge on any atom is -0.439 e. The van der Waals surface area contributed by atoms with E-state index in [1.54, 1.807) is 0 Å². The molecule has 4 heteroatoms. The third-order valence-electron chi connectivity index (χ3n) is 6.02. The smallest absolute Gasteiger partial charge is 0.410 e. The van der Waals surface area contributed by atoms with E-state index in [4.69, 9.17) is 4.74 Å². The van der Waals surface area contributed by atoms with E-state index in [0.29, 0.717) is 0 Å². The second-order valence-electron chi connectivity index (χ2n) is 8.08. The Bertz CT molecular complexity index is 557. The van der Waals surface area contributed by atoms with Gasteiger partial charge in [-0.25, -0.2) is 4.79 Å². The van der Waals surface area contributed by atoms with E-state index in [-0.39, 0.29) is 18.2 Å². The van der Waals surface area contributed by atoms with Gasteiger partial charge in [-0.2, -0.15) is 0 Å². The summed E-state index contributed by atoms with van der Waals surface area (Å²) in [6.07, 6.45) is 10.8. The van der Waals surface area contributed by atoms with Gasteiger partial charge in [0.2, 0.25) is 0 Å². The predicted octanol–water partition coefficient (Wildman–Crippen LogP) is 5.39. The third-order valence-corrected chi connectivity index (χ3v) is 6.02. The Labute approximate surface area is 164 Å². The second-order valence-corrected chi connectivity index (χ2v) is 8.08. The lowest BCUT2D eigenvalue weighted by molar-refractivity contribution is 0.128. The summed E-state index contributed by atoms with van der Waals surface area (Å²) in [6.45, 7) is 6.59. The number of hydrogen-bond acceptors (Lipinski definition) is 3. The Balaban J connectivity index is 1.59. The van der Waals surface area contributed by atoms with Gasteiger partial charge in [0.25, 0.3) is 0 Å². The zero-order valence-corrected chi connectivity index (χ0v) is 16.9. The normalized spacial score (nSPS) is 23.6. The molecule has 0 aromatic heterocycles. The van der Waals surface area contributed by atoms with Crippen LogP contribution in [-0.2, 0) is 4.74 Å². The van der Waals surface area contributed by atoms with Crippen molar-refractivity contribution in [1.82, 2.24) is 9.80 Å². The molecule has 0 N–H and O–H groups in total. The number of cyclic esters (lactones) is 1. The maximum atomic E-state index is 12.6. The van der Waals surface area contributed by atoms with Crippen molar-refractivity contribution in [2.24, 2.45) is 0 Å². The summed E-state index contributed by atoms with van der Waals surface area (Å²) >= 11 is 0. The minimum atomic E-state index is -0.122. The zero-order chi connectivity index (χ0) is 18.9. The van der Waals surface area contributed by atoms with Gasteiger partial charge in [-0.3, -0.25) is 0 Å². The molecule has 4 nitrogen and oxygen atoms in total. The van der Waals surface area contributed by atoms with Crippen molar-refractivity contribution in [3.63, 3.8) is 0 Å². The Hall–Kier alpha value is -1.55. The van der Waals surface area contributed by atoms with Gasteiger partial charge in [0.15, 0.2) is 0 Å². The number of unbranched alkanes of at least 4 members (excludes halogenated alkanes) is 3. The summed E-state index contributed by atoms with van der Waals surface area (Å²) in [4.78, 5) is 17.2. The van der Waals surface area contributed by atoms with Gasteiger partial charge in [0.1, 0.15) is 6.10 Å². The van der Waals surface area contributed by atoms with Crippen LogP contribution in [-0.4, -0.2) is 48.1 Å². The van der Waals surface area contributed by atoms with Crippen molar-refractivity contribution in [3.05, 3.63) is 35.9 Å². The van der Waals surface area contributed by atoms with Crippen molar-refractivity contribution in [1.29, 1.82) is 0 Å². The molecule has 0 spiro atoms. The number of nitrogens with zero attached hydrogens (tertiary/aromatic N) is 2. The number of amides is 1. The number of rotatable bonds is 10. The molecule has 0 unspecified atom stereocenters. The van der Waals surface area contributed by atoms with Crippen molar-refractivity contribution in [2.45, 2.75) is 76.9 Å². The number of carbonyl (C=O) groups is 1. The molecular formula is C23H36N2O2. The van der Waals surface area contributed by atoms with Crippen LogP contribution in [0.5, 0.6) is 0 Å². The van der Waals surface area contributed by atoms with Crippen LogP contribution in [0, 0.1) is 0 Å². The number of piperidine rings is 1. The SMILES string of the molecule is CCCCCC[C@@H]1[C@@H](c2ccccc2)OC(=O)N1CCCN1CCCCC1. The topological polar surface area (TPSA) is 32.8 Å². The number of carbonyl (C=O) groups excluding carboxylic acids is 1. The fourth-order valence-electron chi connectivity index (χ4n) is 4.48. The standard InChI is InChI=1S/C23H36N2O2/c1-2-3-4-9-15-21-22(20-13-7-5-8-14-20)27-23(26)25(21)19-12-18-24-16-10-6-11-17-24/h5,7-8,13-14,21-22H,2-4,6,9-12,15-19H2,1H3/t21-,22-/m1/s1. The van der Waals surface area contributed by atoms with Crippen LogP contribution in [0.3, 0.4) is 0 Å². The molecule has 2 fully saturated rings. The Morgan fingerprint density at radius 1 is 0.963 bits per heavy atom. The quantitative estimate of drug-likeness (QED) is 0.516. The molecule has 0 aliphatic carbocycles. The van der Waals surface area contributed by atoms with Crippen molar-refractivity contribution >= 4 is 6.09 Å². The summed E-state index contributed by atoms with van der Waals surface area (Å²) in [5.41, 5.74) is 1.13. The van der Waals surface area contributed by atoms with Gasteiger partial charge >= 0.3 is 6.09 Å². The molecule has 0 saturated carbocycles. The predicted molar refractivity (Wildman–Crippen MR) is 110 cm³/mol. The van der Waals surface area contributed by atoms with E-state index in [2.05, 4.69) is 24.0 Å².